The highest BCUT2D eigenvalue weighted by molar-refractivity contribution is 6.24. The third kappa shape index (κ3) is 3.24. The number of amides is 1. The van der Waals surface area contributed by atoms with Crippen LogP contribution < -0.4 is 0 Å². The first-order chi connectivity index (χ1) is 12.1. The molecule has 0 saturated carbocycles. The summed E-state index contributed by atoms with van der Waals surface area (Å²) in [6.07, 6.45) is 3.09. The van der Waals surface area contributed by atoms with Gasteiger partial charge in [-0.25, -0.2) is 9.67 Å². The van der Waals surface area contributed by atoms with Crippen LogP contribution in [0.25, 0.3) is 6.20 Å². The van der Waals surface area contributed by atoms with Gasteiger partial charge in [-0.15, -0.1) is 11.6 Å². The fourth-order valence-corrected chi connectivity index (χ4v) is 3.38. The molecule has 0 aliphatic carbocycles. The number of aromatic nitrogens is 2. The predicted octanol–water partition coefficient (Wildman–Crippen LogP) is 4.25. The highest BCUT2D eigenvalue weighted by Gasteiger charge is 2.32. The number of aliphatic imine (C=N–C) groups is 1. The maximum absolute atomic E-state index is 13.1. The lowest BCUT2D eigenvalue weighted by atomic mass is 9.86. The van der Waals surface area contributed by atoms with E-state index in [1.54, 1.807) is 12.3 Å². The van der Waals surface area contributed by atoms with E-state index in [0.29, 0.717) is 23.9 Å². The van der Waals surface area contributed by atoms with E-state index < -0.39 is 0 Å². The van der Waals surface area contributed by atoms with Gasteiger partial charge in [0.15, 0.2) is 11.5 Å². The van der Waals surface area contributed by atoms with Crippen molar-refractivity contribution in [2.75, 3.05) is 12.4 Å². The van der Waals surface area contributed by atoms with Crippen LogP contribution in [0.5, 0.6) is 0 Å². The van der Waals surface area contributed by atoms with Gasteiger partial charge in [-0.1, -0.05) is 37.8 Å². The van der Waals surface area contributed by atoms with Crippen LogP contribution in [0.3, 0.4) is 0 Å². The largest absolute Gasteiger partial charge is 0.330 e. The van der Waals surface area contributed by atoms with Crippen molar-refractivity contribution in [3.63, 3.8) is 0 Å². The summed E-state index contributed by atoms with van der Waals surface area (Å²) >= 11 is 5.64. The highest BCUT2D eigenvalue weighted by atomic mass is 35.5. The van der Waals surface area contributed by atoms with Gasteiger partial charge in [0.1, 0.15) is 0 Å². The van der Waals surface area contributed by atoms with Gasteiger partial charge in [0.2, 0.25) is 0 Å². The Kier molecular flexibility index (Phi) is 5.04. The average molecular weight is 357 g/mol. The van der Waals surface area contributed by atoms with Crippen molar-refractivity contribution in [1.29, 1.82) is 0 Å². The van der Waals surface area contributed by atoms with Crippen LogP contribution in [0.2, 0.25) is 0 Å². The van der Waals surface area contributed by atoms with Gasteiger partial charge in [0.05, 0.1) is 11.9 Å². The number of carbonyl (C=O) groups excluding carboxylic acids is 1. The molecular formula is C19H21ClN4O. The van der Waals surface area contributed by atoms with E-state index in [1.807, 2.05) is 17.0 Å². The molecule has 6 heteroatoms. The van der Waals surface area contributed by atoms with E-state index in [1.165, 1.54) is 22.0 Å². The molecule has 2 aromatic rings. The zero-order valence-corrected chi connectivity index (χ0v) is 15.1. The maximum atomic E-state index is 13.1. The zero-order chi connectivity index (χ0) is 18.0. The topological polar surface area (TPSA) is 50.5 Å². The summed E-state index contributed by atoms with van der Waals surface area (Å²) in [5.74, 6) is 1.02. The highest BCUT2D eigenvalue weighted by Crippen LogP contribution is 2.36. The minimum atomic E-state index is -0.100. The van der Waals surface area contributed by atoms with Crippen molar-refractivity contribution in [2.24, 2.45) is 4.99 Å². The molecule has 0 bridgehead atoms. The Morgan fingerprint density at radius 3 is 2.80 bits per heavy atom. The number of nitrogens with zero attached hydrogens (tertiary/aromatic N) is 4. The second-order valence-electron chi connectivity index (χ2n) is 6.14. The first kappa shape index (κ1) is 17.4. The standard InChI is InChI=1S/C19H21ClN4O/c1-4-24-18(21-10-9-20)11-17(22-24)19(25)23-12-13(2)15-7-5-6-8-16(15)14(23)3/h4-8,10-11,13-14H,1,9,12H2,2-3H3/b21-10-. The number of hydrogen-bond donors (Lipinski definition) is 0. The van der Waals surface area contributed by atoms with E-state index in [4.69, 9.17) is 11.6 Å². The van der Waals surface area contributed by atoms with Crippen molar-refractivity contribution in [3.8, 4) is 0 Å². The maximum Gasteiger partial charge on any atom is 0.274 e. The smallest absolute Gasteiger partial charge is 0.274 e. The number of carbonyl (C=O) groups is 1. The summed E-state index contributed by atoms with van der Waals surface area (Å²) in [6, 6.07) is 9.97. The van der Waals surface area contributed by atoms with Crippen LogP contribution in [0.4, 0.5) is 5.82 Å². The monoisotopic (exact) mass is 356 g/mol. The predicted molar refractivity (Wildman–Crippen MR) is 102 cm³/mol. The number of fused-ring (bicyclic) bond motifs is 1. The van der Waals surface area contributed by atoms with Crippen LogP contribution in [-0.2, 0) is 0 Å². The number of halogens is 1. The molecule has 0 N–H and O–H groups in total. The summed E-state index contributed by atoms with van der Waals surface area (Å²) < 4.78 is 1.49. The lowest BCUT2D eigenvalue weighted by molar-refractivity contribution is 0.0653. The Morgan fingerprint density at radius 2 is 2.12 bits per heavy atom. The zero-order valence-electron chi connectivity index (χ0n) is 14.4. The summed E-state index contributed by atoms with van der Waals surface area (Å²) in [5, 5.41) is 4.32. The Morgan fingerprint density at radius 1 is 1.40 bits per heavy atom. The van der Waals surface area contributed by atoms with Gasteiger partial charge in [0.25, 0.3) is 5.91 Å². The Bertz CT molecular complexity index is 827. The van der Waals surface area contributed by atoms with Gasteiger partial charge < -0.3 is 4.90 Å². The Balaban J connectivity index is 1.93. The molecule has 1 aliphatic rings. The van der Waals surface area contributed by atoms with Crippen LogP contribution >= 0.6 is 11.6 Å². The molecule has 1 aromatic carbocycles. The van der Waals surface area contributed by atoms with Crippen molar-refractivity contribution in [1.82, 2.24) is 14.7 Å². The van der Waals surface area contributed by atoms with Crippen molar-refractivity contribution < 1.29 is 4.79 Å². The second-order valence-corrected chi connectivity index (χ2v) is 6.45. The molecule has 0 saturated heterocycles. The fraction of sp³-hybridized carbons (Fsp3) is 0.316. The molecule has 1 amide bonds. The Labute approximate surface area is 152 Å². The lowest BCUT2D eigenvalue weighted by Gasteiger charge is -2.38. The number of alkyl halides is 1. The van der Waals surface area contributed by atoms with Crippen molar-refractivity contribution in [3.05, 3.63) is 53.7 Å². The molecule has 0 spiro atoms. The van der Waals surface area contributed by atoms with Crippen molar-refractivity contribution >= 4 is 35.7 Å². The Hall–Kier alpha value is -2.40. The van der Waals surface area contributed by atoms with E-state index >= 15 is 0 Å². The van der Waals surface area contributed by atoms with Crippen LogP contribution in [0, 0.1) is 0 Å². The molecule has 1 aromatic heterocycles. The summed E-state index contributed by atoms with van der Waals surface area (Å²) in [4.78, 5) is 19.1. The molecular weight excluding hydrogens is 336 g/mol. The first-order valence-corrected chi connectivity index (χ1v) is 8.80. The quantitative estimate of drug-likeness (QED) is 0.607. The molecule has 2 atom stereocenters. The number of benzene rings is 1. The molecule has 2 heterocycles. The van der Waals surface area contributed by atoms with Gasteiger partial charge in [-0.05, 0) is 24.0 Å². The molecule has 0 radical (unpaired) electrons. The third-order valence-corrected chi connectivity index (χ3v) is 4.71. The van der Waals surface area contributed by atoms with Gasteiger partial charge >= 0.3 is 0 Å². The van der Waals surface area contributed by atoms with Crippen LogP contribution in [0.15, 0.2) is 41.9 Å². The van der Waals surface area contributed by atoms with E-state index in [9.17, 15) is 4.79 Å². The van der Waals surface area contributed by atoms with E-state index in [-0.39, 0.29) is 17.9 Å². The second kappa shape index (κ2) is 7.23. The van der Waals surface area contributed by atoms with Gasteiger partial charge in [-0.3, -0.25) is 4.79 Å². The summed E-state index contributed by atoms with van der Waals surface area (Å²) in [7, 11) is 0. The molecule has 2 unspecified atom stereocenters. The fourth-order valence-electron chi connectivity index (χ4n) is 3.31. The van der Waals surface area contributed by atoms with Crippen LogP contribution in [-0.4, -0.2) is 39.2 Å². The third-order valence-electron chi connectivity index (χ3n) is 4.58. The molecule has 1 aliphatic heterocycles. The molecule has 0 fully saturated rings. The molecule has 5 nitrogen and oxygen atoms in total. The first-order valence-electron chi connectivity index (χ1n) is 8.27. The average Bonchev–Trinajstić information content (AvgIpc) is 3.05. The van der Waals surface area contributed by atoms with Crippen LogP contribution in [0.1, 0.15) is 47.4 Å². The minimum absolute atomic E-state index is 0.00331. The van der Waals surface area contributed by atoms with Gasteiger partial charge in [-0.2, -0.15) is 5.10 Å². The van der Waals surface area contributed by atoms with Crippen molar-refractivity contribution in [2.45, 2.75) is 25.8 Å². The minimum Gasteiger partial charge on any atom is -0.330 e. The lowest BCUT2D eigenvalue weighted by Crippen LogP contribution is -2.40. The molecule has 130 valence electrons. The SMILES string of the molecule is C=Cn1nc(C(=O)N2CC(C)c3ccccc3C2C)cc1/N=C\CCl. The summed E-state index contributed by atoms with van der Waals surface area (Å²) in [5.41, 5.74) is 2.86. The molecule has 3 rings (SSSR count). The summed E-state index contributed by atoms with van der Waals surface area (Å²) in [6.45, 7) is 8.57. The number of rotatable bonds is 4. The van der Waals surface area contributed by atoms with E-state index in [2.05, 4.69) is 42.7 Å². The molecule has 25 heavy (non-hydrogen) atoms. The van der Waals surface area contributed by atoms with E-state index in [0.717, 1.165) is 0 Å². The normalized spacial score (nSPS) is 19.9. The number of hydrogen-bond acceptors (Lipinski definition) is 3. The van der Waals surface area contributed by atoms with Gasteiger partial charge in [0, 0.05) is 25.0 Å².